The molecule has 2 amide bonds. The molecule has 28 heavy (non-hydrogen) atoms. The van der Waals surface area contributed by atoms with Gasteiger partial charge in [0, 0.05) is 33.8 Å². The topological polar surface area (TPSA) is 93.7 Å². The van der Waals surface area contributed by atoms with Crippen LogP contribution in [0.4, 0.5) is 0 Å². The molecule has 0 atom stereocenters. The van der Waals surface area contributed by atoms with Crippen LogP contribution in [0.3, 0.4) is 0 Å². The van der Waals surface area contributed by atoms with E-state index in [2.05, 4.69) is 10.6 Å². The second-order valence-electron chi connectivity index (χ2n) is 7.01. The largest absolute Gasteiger partial charge is 0.379 e. The van der Waals surface area contributed by atoms with E-state index in [0.29, 0.717) is 32.8 Å². The van der Waals surface area contributed by atoms with Crippen LogP contribution in [-0.4, -0.2) is 56.6 Å². The Kier molecular flexibility index (Phi) is 15.6. The maximum atomic E-state index is 12.1. The number of ether oxygens (including phenoxy) is 2. The van der Waals surface area contributed by atoms with Gasteiger partial charge >= 0.3 is 0 Å². The van der Waals surface area contributed by atoms with Crippen LogP contribution in [0, 0.1) is 11.8 Å². The molecule has 2 N–H and O–H groups in total. The van der Waals surface area contributed by atoms with Crippen LogP contribution in [0.15, 0.2) is 0 Å². The summed E-state index contributed by atoms with van der Waals surface area (Å²) in [5.41, 5.74) is 0. The van der Waals surface area contributed by atoms with E-state index in [-0.39, 0.29) is 44.9 Å². The zero-order valence-corrected chi connectivity index (χ0v) is 18.3. The van der Waals surface area contributed by atoms with Crippen molar-refractivity contribution in [1.82, 2.24) is 10.6 Å². The minimum Gasteiger partial charge on any atom is -0.379 e. The molecule has 0 unspecified atom stereocenters. The predicted octanol–water partition coefficient (Wildman–Crippen LogP) is 2.96. The van der Waals surface area contributed by atoms with Gasteiger partial charge in [-0.1, -0.05) is 27.7 Å². The average molecular weight is 405 g/mol. The third-order valence-corrected chi connectivity index (χ3v) is 4.59. The van der Waals surface area contributed by atoms with E-state index < -0.39 is 0 Å². The van der Waals surface area contributed by atoms with Gasteiger partial charge in [-0.25, -0.2) is 0 Å². The molecule has 0 aliphatic heterocycles. The van der Waals surface area contributed by atoms with Gasteiger partial charge < -0.3 is 20.1 Å². The van der Waals surface area contributed by atoms with Gasteiger partial charge in [0.15, 0.2) is 5.78 Å². The van der Waals surface area contributed by atoms with E-state index in [9.17, 15) is 14.4 Å². The second-order valence-corrected chi connectivity index (χ2v) is 7.01. The van der Waals surface area contributed by atoms with Crippen LogP contribution < -0.4 is 10.6 Å². The molecule has 0 aromatic rings. The molecule has 0 bridgehead atoms. The number of hydrogen-bond donors (Lipinski definition) is 2. The summed E-state index contributed by atoms with van der Waals surface area (Å²) in [4.78, 5) is 35.6. The molecule has 0 heterocycles. The normalized spacial score (nSPS) is 18.8. The van der Waals surface area contributed by atoms with Crippen molar-refractivity contribution in [3.63, 3.8) is 0 Å². The summed E-state index contributed by atoms with van der Waals surface area (Å²) in [7, 11) is 0. The number of ketones is 1. The smallest absolute Gasteiger partial charge is 0.223 e. The third-order valence-electron chi connectivity index (χ3n) is 4.59. The molecule has 0 radical (unpaired) electrons. The highest BCUT2D eigenvalue weighted by molar-refractivity contribution is 5.88. The standard InChI is InChI=1S/C19H34N2O5.C2H6.2H2/c1-4-25-11-12-26-10-9-18(23)21-16-7-5-15(6-8-16)19(24)20-13-17(22)14(2)3;1-2;;/h14-16H,4-13H2,1-3H3,(H,20,24)(H,21,23);1-2H3;2*1H. The maximum absolute atomic E-state index is 12.1. The molecule has 1 saturated carbocycles. The minimum absolute atomic E-state index is 0. The van der Waals surface area contributed by atoms with Gasteiger partial charge in [0.25, 0.3) is 0 Å². The first-order valence-corrected chi connectivity index (χ1v) is 10.7. The average Bonchev–Trinajstić information content (AvgIpc) is 2.70. The number of carbonyl (C=O) groups is 3. The highest BCUT2D eigenvalue weighted by Crippen LogP contribution is 2.24. The molecule has 0 spiro atoms. The van der Waals surface area contributed by atoms with E-state index >= 15 is 0 Å². The Morgan fingerprint density at radius 2 is 1.61 bits per heavy atom. The molecule has 1 rings (SSSR count). The van der Waals surface area contributed by atoms with E-state index in [0.717, 1.165) is 25.7 Å². The lowest BCUT2D eigenvalue weighted by Gasteiger charge is -2.28. The van der Waals surface area contributed by atoms with Crippen molar-refractivity contribution in [2.24, 2.45) is 11.8 Å². The molecule has 1 fully saturated rings. The van der Waals surface area contributed by atoms with Crippen molar-refractivity contribution >= 4 is 17.6 Å². The van der Waals surface area contributed by atoms with Gasteiger partial charge in [0.05, 0.1) is 26.4 Å². The van der Waals surface area contributed by atoms with Gasteiger partial charge in [-0.3, -0.25) is 14.4 Å². The molecule has 168 valence electrons. The van der Waals surface area contributed by atoms with E-state index in [1.165, 1.54) is 0 Å². The van der Waals surface area contributed by atoms with Crippen LogP contribution >= 0.6 is 0 Å². The molecule has 7 heteroatoms. The summed E-state index contributed by atoms with van der Waals surface area (Å²) in [6.45, 7) is 11.8. The summed E-state index contributed by atoms with van der Waals surface area (Å²) < 4.78 is 10.5. The Morgan fingerprint density at radius 3 is 2.18 bits per heavy atom. The first-order chi connectivity index (χ1) is 13.4. The summed E-state index contributed by atoms with van der Waals surface area (Å²) in [5.74, 6) is -0.152. The van der Waals surface area contributed by atoms with Crippen LogP contribution in [0.2, 0.25) is 0 Å². The highest BCUT2D eigenvalue weighted by atomic mass is 16.5. The van der Waals surface area contributed by atoms with Crippen molar-refractivity contribution < 1.29 is 26.7 Å². The number of amides is 2. The molecule has 7 nitrogen and oxygen atoms in total. The van der Waals surface area contributed by atoms with Crippen molar-refractivity contribution in [2.75, 3.05) is 33.0 Å². The third kappa shape index (κ3) is 12.1. The van der Waals surface area contributed by atoms with Crippen LogP contribution in [-0.2, 0) is 23.9 Å². The Bertz CT molecular complexity index is 457. The molecular formula is C21H44N2O5. The maximum Gasteiger partial charge on any atom is 0.223 e. The van der Waals surface area contributed by atoms with Crippen molar-refractivity contribution in [1.29, 1.82) is 0 Å². The van der Waals surface area contributed by atoms with Crippen molar-refractivity contribution in [3.05, 3.63) is 0 Å². The fraction of sp³-hybridized carbons (Fsp3) is 0.857. The minimum atomic E-state index is -0.0654. The molecule has 1 aliphatic carbocycles. The Balaban J connectivity index is -0.00000176. The van der Waals surface area contributed by atoms with Crippen molar-refractivity contribution in [3.8, 4) is 0 Å². The second kappa shape index (κ2) is 16.5. The van der Waals surface area contributed by atoms with Crippen LogP contribution in [0.5, 0.6) is 0 Å². The lowest BCUT2D eigenvalue weighted by molar-refractivity contribution is -0.129. The summed E-state index contributed by atoms with van der Waals surface area (Å²) in [6.07, 6.45) is 3.37. The highest BCUT2D eigenvalue weighted by Gasteiger charge is 2.27. The first kappa shape index (κ1) is 26.5. The summed E-state index contributed by atoms with van der Waals surface area (Å²) >= 11 is 0. The van der Waals surface area contributed by atoms with Crippen molar-refractivity contribution in [2.45, 2.75) is 72.8 Å². The lowest BCUT2D eigenvalue weighted by Crippen LogP contribution is -2.42. The monoisotopic (exact) mass is 404 g/mol. The fourth-order valence-electron chi connectivity index (χ4n) is 2.85. The van der Waals surface area contributed by atoms with Gasteiger partial charge in [-0.2, -0.15) is 0 Å². The van der Waals surface area contributed by atoms with Gasteiger partial charge in [-0.15, -0.1) is 0 Å². The number of hydrogen-bond acceptors (Lipinski definition) is 5. The number of carbonyl (C=O) groups excluding carboxylic acids is 3. The molecule has 1 aliphatic rings. The quantitative estimate of drug-likeness (QED) is 0.488. The molecule has 0 aromatic carbocycles. The Labute approximate surface area is 173 Å². The number of nitrogens with one attached hydrogen (secondary N) is 2. The Morgan fingerprint density at radius 1 is 1.00 bits per heavy atom. The SMILES string of the molecule is CC.CCOCCOCCC(=O)NC1CCC(C(=O)NCC(=O)C(C)C)CC1.[HH].[HH]. The summed E-state index contributed by atoms with van der Waals surface area (Å²) in [6, 6.07) is 0.118. The Hall–Kier alpha value is -1.47. The molecule has 0 aromatic heterocycles. The van der Waals surface area contributed by atoms with Crippen LogP contribution in [0.25, 0.3) is 0 Å². The number of Topliss-reactive ketones (excluding diaryl/α,β-unsaturated/α-hetero) is 1. The van der Waals surface area contributed by atoms with Gasteiger partial charge in [0.2, 0.25) is 11.8 Å². The number of rotatable bonds is 12. The van der Waals surface area contributed by atoms with Gasteiger partial charge in [0.1, 0.15) is 0 Å². The van der Waals surface area contributed by atoms with E-state index in [4.69, 9.17) is 9.47 Å². The molecule has 0 saturated heterocycles. The lowest BCUT2D eigenvalue weighted by atomic mass is 9.85. The zero-order chi connectivity index (χ0) is 21.4. The summed E-state index contributed by atoms with van der Waals surface area (Å²) in [5, 5.41) is 5.74. The van der Waals surface area contributed by atoms with Gasteiger partial charge in [-0.05, 0) is 32.6 Å². The van der Waals surface area contributed by atoms with E-state index in [1.807, 2.05) is 34.6 Å². The predicted molar refractivity (Wildman–Crippen MR) is 114 cm³/mol. The first-order valence-electron chi connectivity index (χ1n) is 10.7. The van der Waals surface area contributed by atoms with Crippen LogP contribution in [0.1, 0.15) is 69.6 Å². The molecular weight excluding hydrogens is 360 g/mol. The van der Waals surface area contributed by atoms with E-state index in [1.54, 1.807) is 0 Å². The fourth-order valence-corrected chi connectivity index (χ4v) is 2.85. The zero-order valence-electron chi connectivity index (χ0n) is 18.3.